The molecule has 1 N–H and O–H groups in total. The van der Waals surface area contributed by atoms with E-state index in [1.165, 1.54) is 0 Å². The standard InChI is InChI=1S/C20H19N3O3/c24-18-12-16(20(25)26)19(14-6-2-1-3-7-14)23(18)11-9-15-13-22-10-5-4-8-17(22)21-15/h1-8,10,13,16,19H,9,11-12H2,(H,25,26). The van der Waals surface area contributed by atoms with Gasteiger partial charge in [-0.25, -0.2) is 4.98 Å². The van der Waals surface area contributed by atoms with E-state index >= 15 is 0 Å². The predicted octanol–water partition coefficient (Wildman–Crippen LogP) is 2.55. The zero-order valence-corrected chi connectivity index (χ0v) is 14.2. The predicted molar refractivity (Wildman–Crippen MR) is 95.5 cm³/mol. The van der Waals surface area contributed by atoms with Crippen LogP contribution in [0.25, 0.3) is 5.65 Å². The minimum atomic E-state index is -0.928. The number of benzene rings is 1. The fraction of sp³-hybridized carbons (Fsp3) is 0.250. The molecule has 6 heteroatoms. The monoisotopic (exact) mass is 349 g/mol. The van der Waals surface area contributed by atoms with Crippen LogP contribution in [0, 0.1) is 5.92 Å². The van der Waals surface area contributed by atoms with Crippen molar-refractivity contribution in [1.29, 1.82) is 0 Å². The van der Waals surface area contributed by atoms with Gasteiger partial charge < -0.3 is 14.4 Å². The van der Waals surface area contributed by atoms with Gasteiger partial charge in [-0.1, -0.05) is 36.4 Å². The lowest BCUT2D eigenvalue weighted by Gasteiger charge is -2.27. The molecule has 6 nitrogen and oxygen atoms in total. The quantitative estimate of drug-likeness (QED) is 0.768. The minimum absolute atomic E-state index is 0.0417. The molecule has 3 aromatic rings. The number of carbonyl (C=O) groups excluding carboxylic acids is 1. The number of aliphatic carboxylic acids is 1. The summed E-state index contributed by atoms with van der Waals surface area (Å²) in [5.74, 6) is -1.76. The summed E-state index contributed by atoms with van der Waals surface area (Å²) in [6.07, 6.45) is 4.51. The average Bonchev–Trinajstić information content (AvgIpc) is 3.21. The molecule has 132 valence electrons. The average molecular weight is 349 g/mol. The molecule has 26 heavy (non-hydrogen) atoms. The number of amides is 1. The molecule has 2 aromatic heterocycles. The van der Waals surface area contributed by atoms with Crippen molar-refractivity contribution >= 4 is 17.5 Å². The Balaban J connectivity index is 1.58. The second kappa shape index (κ2) is 6.63. The summed E-state index contributed by atoms with van der Waals surface area (Å²) >= 11 is 0. The Kier molecular flexibility index (Phi) is 4.16. The molecule has 1 aromatic carbocycles. The number of carboxylic acids is 1. The highest BCUT2D eigenvalue weighted by Gasteiger charge is 2.44. The first-order chi connectivity index (χ1) is 12.6. The smallest absolute Gasteiger partial charge is 0.309 e. The SMILES string of the molecule is O=C(O)C1CC(=O)N(CCc2cn3ccccc3n2)C1c1ccccc1. The van der Waals surface area contributed by atoms with Gasteiger partial charge in [0.2, 0.25) is 5.91 Å². The van der Waals surface area contributed by atoms with Crippen molar-refractivity contribution in [2.45, 2.75) is 18.9 Å². The molecule has 0 spiro atoms. The Morgan fingerprint density at radius 1 is 1.15 bits per heavy atom. The summed E-state index contributed by atoms with van der Waals surface area (Å²) in [5.41, 5.74) is 2.61. The van der Waals surface area contributed by atoms with E-state index in [2.05, 4.69) is 4.98 Å². The maximum atomic E-state index is 12.5. The summed E-state index contributed by atoms with van der Waals surface area (Å²) < 4.78 is 1.94. The normalized spacial score (nSPS) is 20.0. The van der Waals surface area contributed by atoms with Gasteiger partial charge in [-0.15, -0.1) is 0 Å². The fourth-order valence-corrected chi connectivity index (χ4v) is 3.68. The number of carboxylic acid groups (broad SMARTS) is 1. The highest BCUT2D eigenvalue weighted by molar-refractivity contribution is 5.87. The Hall–Kier alpha value is -3.15. The van der Waals surface area contributed by atoms with E-state index in [1.54, 1.807) is 4.90 Å². The number of likely N-dealkylation sites (tertiary alicyclic amines) is 1. The number of imidazole rings is 1. The molecule has 0 radical (unpaired) electrons. The third-order valence-corrected chi connectivity index (χ3v) is 4.91. The molecule has 3 heterocycles. The number of hydrogen-bond acceptors (Lipinski definition) is 3. The minimum Gasteiger partial charge on any atom is -0.481 e. The highest BCUT2D eigenvalue weighted by Crippen LogP contribution is 2.38. The molecule has 2 atom stereocenters. The Morgan fingerprint density at radius 2 is 1.92 bits per heavy atom. The molecule has 1 saturated heterocycles. The van der Waals surface area contributed by atoms with Crippen LogP contribution in [0.2, 0.25) is 0 Å². The molecule has 2 unspecified atom stereocenters. The van der Waals surface area contributed by atoms with Crippen molar-refractivity contribution in [3.8, 4) is 0 Å². The zero-order chi connectivity index (χ0) is 18.1. The topological polar surface area (TPSA) is 74.9 Å². The number of rotatable bonds is 5. The van der Waals surface area contributed by atoms with Crippen molar-refractivity contribution in [3.63, 3.8) is 0 Å². The third-order valence-electron chi connectivity index (χ3n) is 4.91. The molecule has 0 aliphatic carbocycles. The van der Waals surface area contributed by atoms with E-state index in [9.17, 15) is 14.7 Å². The van der Waals surface area contributed by atoms with Crippen molar-refractivity contribution in [3.05, 3.63) is 72.2 Å². The third kappa shape index (κ3) is 2.94. The van der Waals surface area contributed by atoms with Crippen LogP contribution >= 0.6 is 0 Å². The van der Waals surface area contributed by atoms with Crippen LogP contribution in [0.4, 0.5) is 0 Å². The maximum Gasteiger partial charge on any atom is 0.309 e. The summed E-state index contributed by atoms with van der Waals surface area (Å²) in [6.45, 7) is 0.450. The van der Waals surface area contributed by atoms with Crippen LogP contribution in [0.15, 0.2) is 60.9 Å². The lowest BCUT2D eigenvalue weighted by molar-refractivity contribution is -0.142. The van der Waals surface area contributed by atoms with E-state index in [-0.39, 0.29) is 12.3 Å². The fourth-order valence-electron chi connectivity index (χ4n) is 3.68. The Bertz CT molecular complexity index is 918. The van der Waals surface area contributed by atoms with Gasteiger partial charge in [0.05, 0.1) is 17.7 Å². The van der Waals surface area contributed by atoms with Gasteiger partial charge in [0.15, 0.2) is 0 Å². The van der Waals surface area contributed by atoms with Crippen molar-refractivity contribution in [2.75, 3.05) is 6.54 Å². The van der Waals surface area contributed by atoms with Crippen LogP contribution in [-0.2, 0) is 16.0 Å². The van der Waals surface area contributed by atoms with E-state index < -0.39 is 17.9 Å². The number of hydrogen-bond donors (Lipinski definition) is 1. The van der Waals surface area contributed by atoms with Crippen LogP contribution in [0.1, 0.15) is 23.7 Å². The molecular formula is C20H19N3O3. The van der Waals surface area contributed by atoms with Gasteiger partial charge in [0.25, 0.3) is 0 Å². The van der Waals surface area contributed by atoms with Crippen molar-refractivity contribution in [1.82, 2.24) is 14.3 Å². The summed E-state index contributed by atoms with van der Waals surface area (Å²) in [4.78, 5) is 30.4. The number of carbonyl (C=O) groups is 2. The van der Waals surface area contributed by atoms with Crippen LogP contribution in [-0.4, -0.2) is 37.8 Å². The zero-order valence-electron chi connectivity index (χ0n) is 14.2. The first-order valence-corrected chi connectivity index (χ1v) is 8.63. The van der Waals surface area contributed by atoms with Crippen molar-refractivity contribution < 1.29 is 14.7 Å². The molecule has 0 bridgehead atoms. The second-order valence-electron chi connectivity index (χ2n) is 6.54. The maximum absolute atomic E-state index is 12.5. The first-order valence-electron chi connectivity index (χ1n) is 8.63. The molecule has 1 amide bonds. The van der Waals surface area contributed by atoms with Gasteiger partial charge >= 0.3 is 5.97 Å². The Morgan fingerprint density at radius 3 is 2.65 bits per heavy atom. The lowest BCUT2D eigenvalue weighted by Crippen LogP contribution is -2.32. The molecule has 1 aliphatic rings. The van der Waals surface area contributed by atoms with Gasteiger partial charge in [-0.3, -0.25) is 9.59 Å². The Labute approximate surface area is 150 Å². The molecule has 4 rings (SSSR count). The van der Waals surface area contributed by atoms with Gasteiger partial charge in [-0.2, -0.15) is 0 Å². The number of fused-ring (bicyclic) bond motifs is 1. The van der Waals surface area contributed by atoms with Crippen LogP contribution in [0.3, 0.4) is 0 Å². The lowest BCUT2D eigenvalue weighted by atomic mass is 9.94. The first kappa shape index (κ1) is 16.3. The van der Waals surface area contributed by atoms with E-state index in [0.717, 1.165) is 16.9 Å². The molecule has 1 fully saturated rings. The highest BCUT2D eigenvalue weighted by atomic mass is 16.4. The van der Waals surface area contributed by atoms with Gasteiger partial charge in [0, 0.05) is 31.8 Å². The molecule has 1 aliphatic heterocycles. The van der Waals surface area contributed by atoms with E-state index in [4.69, 9.17) is 0 Å². The van der Waals surface area contributed by atoms with Crippen LogP contribution < -0.4 is 0 Å². The number of nitrogens with zero attached hydrogens (tertiary/aromatic N) is 3. The van der Waals surface area contributed by atoms with Crippen molar-refractivity contribution in [2.24, 2.45) is 5.92 Å². The molecular weight excluding hydrogens is 330 g/mol. The summed E-state index contributed by atoms with van der Waals surface area (Å²) in [7, 11) is 0. The van der Waals surface area contributed by atoms with E-state index in [1.807, 2.05) is 65.3 Å². The van der Waals surface area contributed by atoms with Gasteiger partial charge in [0.1, 0.15) is 5.65 Å². The van der Waals surface area contributed by atoms with Gasteiger partial charge in [-0.05, 0) is 17.7 Å². The largest absolute Gasteiger partial charge is 0.481 e. The number of pyridine rings is 1. The molecule has 0 saturated carbocycles. The number of aromatic nitrogens is 2. The van der Waals surface area contributed by atoms with E-state index in [0.29, 0.717) is 13.0 Å². The summed E-state index contributed by atoms with van der Waals surface area (Å²) in [5, 5.41) is 9.57. The van der Waals surface area contributed by atoms with Crippen LogP contribution in [0.5, 0.6) is 0 Å². The second-order valence-corrected chi connectivity index (χ2v) is 6.54. The summed E-state index contributed by atoms with van der Waals surface area (Å²) in [6, 6.07) is 14.8.